The maximum absolute atomic E-state index is 13.8. The molecule has 11 aromatic rings. The number of nitrogens with zero attached hydrogens (tertiary/aromatic N) is 15. The Labute approximate surface area is 652 Å². The number of aromatic nitrogens is 12. The molecule has 5 aromatic carbocycles. The molecule has 30 nitrogen and oxygen atoms in total. The first-order valence-corrected chi connectivity index (χ1v) is 35.6. The van der Waals surface area contributed by atoms with E-state index in [4.69, 9.17) is 27.8 Å². The summed E-state index contributed by atoms with van der Waals surface area (Å²) in [6.07, 6.45) is 8.64. The fraction of sp³-hybridized carbons (Fsp3) is 0.250. The van der Waals surface area contributed by atoms with Gasteiger partial charge in [0.1, 0.15) is 35.4 Å². The van der Waals surface area contributed by atoms with Gasteiger partial charge in [-0.25, -0.2) is 33.0 Å². The van der Waals surface area contributed by atoms with E-state index in [2.05, 4.69) is 62.5 Å². The van der Waals surface area contributed by atoms with Crippen molar-refractivity contribution < 1.29 is 130 Å². The normalized spacial score (nSPS) is 18.4. The van der Waals surface area contributed by atoms with Gasteiger partial charge in [0.25, 0.3) is 0 Å². The van der Waals surface area contributed by atoms with Gasteiger partial charge in [-0.2, -0.15) is 0 Å². The molecule has 6 atom stereocenters. The molecule has 6 aliphatic rings. The van der Waals surface area contributed by atoms with Crippen LogP contribution in [-0.4, -0.2) is 140 Å². The summed E-state index contributed by atoms with van der Waals surface area (Å²) in [6.45, 7) is -0.733. The number of phosphoric ester groups is 2. The number of benzene rings is 5. The van der Waals surface area contributed by atoms with E-state index >= 15 is 0 Å². The van der Waals surface area contributed by atoms with Crippen molar-refractivity contribution in [2.75, 3.05) is 34.5 Å². The molecule has 0 radical (unpaired) electrons. The fourth-order valence-electron chi connectivity index (χ4n) is 13.4. The van der Waals surface area contributed by atoms with E-state index in [0.717, 1.165) is 107 Å². The van der Waals surface area contributed by atoms with E-state index in [-0.39, 0.29) is 111 Å². The van der Waals surface area contributed by atoms with E-state index in [1.54, 1.807) is 55.7 Å². The Hall–Kier alpha value is -9.04. The summed E-state index contributed by atoms with van der Waals surface area (Å²) in [5, 5.41) is 32.9. The second-order valence-electron chi connectivity index (χ2n) is 24.9. The number of hydrogen-bond donors (Lipinski definition) is 1. The molecule has 3 fully saturated rings. The van der Waals surface area contributed by atoms with Gasteiger partial charge in [0.05, 0.1) is 112 Å². The zero-order chi connectivity index (χ0) is 71.1. The molecular weight excluding hydrogens is 1420 g/mol. The maximum Gasteiger partial charge on any atom is 1.00 e. The maximum atomic E-state index is 13.8. The minimum absolute atomic E-state index is 0. The van der Waals surface area contributed by atoms with Crippen molar-refractivity contribution in [3.63, 3.8) is 0 Å². The Bertz CT molecular complexity index is 5030. The van der Waals surface area contributed by atoms with Crippen LogP contribution in [0.3, 0.4) is 0 Å². The van der Waals surface area contributed by atoms with E-state index in [0.29, 0.717) is 24.9 Å². The zero-order valence-corrected chi connectivity index (χ0v) is 63.1. The molecular formula is C72H67N15Na2O15P2. The standard InChI is InChI=1S/C33H30N5O6P.C19H18N5O6P.C19H17N5O3.CH4.2Na/c1-37-31(19-35-36-37)28-14-12-26(18-34-28)25-13-15-29-27(16-25)17-30-32(44-33(39)38(29)30)22-43-45(40,41-20-23-8-4-2-5-9-23)42-21-24-10-6-3-7-11-24;1-23-17(9-21-22-23)14-4-2-12(8-20-14)11-3-5-15-13(6-11)7-16-18(10-29-31(26,27)28)30-19(25)24(15)16;1-23-17(9-21-22-23)14-4-2-12(8-20-14)11-3-5-15-13(6-11)7-16-18(10-25)27-19(26)24(15)16;;;/h2-16,18-19,30,32H,17,20-22H2,1H3;2-6,8-9,16,18H,7,10H2,1H3,(H2,26,27,28);2-6,8-9,16,18,25H,7,10H2,1H3;1H4;;/q;;;;2*+1/p-2/t30-,32-;2*16-,18-;;;/m000.../s1. The number of anilines is 3. The number of aryl methyl sites for hydroxylation is 3. The summed E-state index contributed by atoms with van der Waals surface area (Å²) in [5.41, 5.74) is 17.5. The second-order valence-corrected chi connectivity index (χ2v) is 27.8. The van der Waals surface area contributed by atoms with Gasteiger partial charge < -0.3 is 38.2 Å². The summed E-state index contributed by atoms with van der Waals surface area (Å²) in [7, 11) is -3.74. The minimum Gasteiger partial charge on any atom is -0.790 e. The largest absolute Gasteiger partial charge is 1.00 e. The summed E-state index contributed by atoms with van der Waals surface area (Å²) in [4.78, 5) is 77.3. The third kappa shape index (κ3) is 16.1. The fourth-order valence-corrected chi connectivity index (χ4v) is 14.9. The number of ether oxygens (including phenoxy) is 3. The summed E-state index contributed by atoms with van der Waals surface area (Å²) in [6, 6.07) is 47.2. The van der Waals surface area contributed by atoms with Gasteiger partial charge in [0.2, 0.25) is 0 Å². The number of carbonyl (C=O) groups is 3. The molecule has 12 heterocycles. The van der Waals surface area contributed by atoms with Crippen molar-refractivity contribution in [3.8, 4) is 67.5 Å². The molecule has 532 valence electrons. The molecule has 0 aliphatic carbocycles. The third-order valence-electron chi connectivity index (χ3n) is 18.6. The predicted octanol–water partition coefficient (Wildman–Crippen LogP) is 3.42. The molecule has 0 saturated carbocycles. The van der Waals surface area contributed by atoms with Crippen LogP contribution in [0.5, 0.6) is 0 Å². The smallest absolute Gasteiger partial charge is 0.790 e. The topological polar surface area (TPSA) is 357 Å². The van der Waals surface area contributed by atoms with Gasteiger partial charge in [-0.15, -0.1) is 15.3 Å². The van der Waals surface area contributed by atoms with Gasteiger partial charge in [-0.3, -0.25) is 43.2 Å². The van der Waals surface area contributed by atoms with Crippen LogP contribution >= 0.6 is 15.6 Å². The summed E-state index contributed by atoms with van der Waals surface area (Å²) >= 11 is 0. The van der Waals surface area contributed by atoms with Crippen LogP contribution in [0.4, 0.5) is 31.4 Å². The van der Waals surface area contributed by atoms with Crippen LogP contribution in [0.15, 0.2) is 189 Å². The van der Waals surface area contributed by atoms with Crippen molar-refractivity contribution in [1.29, 1.82) is 0 Å². The average molecular weight is 1490 g/mol. The number of phosphoric acid groups is 2. The minimum atomic E-state index is -5.15. The number of cyclic esters (lactones) is 3. The van der Waals surface area contributed by atoms with Crippen LogP contribution in [-0.2, 0) is 95.1 Å². The van der Waals surface area contributed by atoms with Crippen molar-refractivity contribution in [2.45, 2.75) is 76.3 Å². The monoisotopic (exact) mass is 1490 g/mol. The summed E-state index contributed by atoms with van der Waals surface area (Å²) in [5.74, 6) is 0. The molecule has 0 spiro atoms. The number of fused-ring (bicyclic) bond motifs is 9. The molecule has 6 aliphatic heterocycles. The van der Waals surface area contributed by atoms with Crippen LogP contribution in [0.1, 0.15) is 35.2 Å². The average Bonchev–Trinajstić information content (AvgIpc) is 1.61. The van der Waals surface area contributed by atoms with Crippen LogP contribution < -0.4 is 83.6 Å². The number of amides is 3. The number of aliphatic hydroxyl groups is 1. The second kappa shape index (κ2) is 32.6. The molecule has 0 bridgehead atoms. The summed E-state index contributed by atoms with van der Waals surface area (Å²) < 4.78 is 67.3. The number of hydrogen-bond acceptors (Lipinski definition) is 24. The molecule has 17 rings (SSSR count). The molecule has 6 aromatic heterocycles. The van der Waals surface area contributed by atoms with Gasteiger partial charge >= 0.3 is 85.2 Å². The van der Waals surface area contributed by atoms with Gasteiger partial charge in [0, 0.05) is 56.4 Å². The van der Waals surface area contributed by atoms with E-state index in [9.17, 15) is 38.4 Å². The third-order valence-corrected chi connectivity index (χ3v) is 20.4. The Kier molecular flexibility index (Phi) is 23.5. The zero-order valence-electron chi connectivity index (χ0n) is 57.3. The molecule has 3 amide bonds. The first kappa shape index (κ1) is 76.6. The van der Waals surface area contributed by atoms with Gasteiger partial charge in [0.15, 0.2) is 0 Å². The molecule has 106 heavy (non-hydrogen) atoms. The van der Waals surface area contributed by atoms with Gasteiger partial charge in [-0.05, 0) is 118 Å². The molecule has 1 N–H and O–H groups in total. The van der Waals surface area contributed by atoms with Crippen LogP contribution in [0, 0.1) is 0 Å². The van der Waals surface area contributed by atoms with Crippen molar-refractivity contribution in [2.24, 2.45) is 21.1 Å². The Morgan fingerprint density at radius 2 is 0.774 bits per heavy atom. The Morgan fingerprint density at radius 3 is 1.08 bits per heavy atom. The quantitative estimate of drug-likeness (QED) is 0.0688. The van der Waals surface area contributed by atoms with Crippen molar-refractivity contribution >= 4 is 51.0 Å². The van der Waals surface area contributed by atoms with Crippen molar-refractivity contribution in [1.82, 2.24) is 59.9 Å². The number of aliphatic hydroxyl groups excluding tert-OH is 1. The van der Waals surface area contributed by atoms with E-state index in [1.165, 1.54) is 4.90 Å². The Balaban J connectivity index is 0.000000153. The number of carbonyl (C=O) groups excluding carboxylic acids is 3. The van der Waals surface area contributed by atoms with E-state index in [1.807, 2.05) is 166 Å². The molecule has 34 heteroatoms. The van der Waals surface area contributed by atoms with E-state index < -0.39 is 58.8 Å². The molecule has 0 unspecified atom stereocenters. The number of pyridine rings is 3. The molecule has 3 saturated heterocycles. The Morgan fingerprint density at radius 1 is 0.443 bits per heavy atom. The van der Waals surface area contributed by atoms with Crippen molar-refractivity contribution in [3.05, 3.63) is 217 Å². The van der Waals surface area contributed by atoms with Crippen LogP contribution in [0.2, 0.25) is 0 Å². The SMILES string of the molecule is C.Cn1nncc1-c1ccc(-c2ccc3c(c2)C[C@H]2[C@H](CO)OC(=O)N32)cn1.Cn1nncc1-c1ccc(-c2ccc3c(c2)C[C@H]2[C@H](COP(=O)(OCc4ccccc4)OCc4ccccc4)OC(=O)N32)cn1.Cn1nncc1-c1ccc(-c2ccc3c(c2)C[C@H]2[C@H](COP(=O)([O-])[O-])OC(=O)N32)cn1.[Na+].[Na+]. The number of rotatable bonds is 19. The van der Waals surface area contributed by atoms with Gasteiger partial charge in [-0.1, -0.05) is 120 Å². The first-order valence-electron chi connectivity index (χ1n) is 32.6. The van der Waals surface area contributed by atoms with Crippen LogP contribution in [0.25, 0.3) is 67.5 Å². The predicted molar refractivity (Wildman–Crippen MR) is 373 cm³/mol. The first-order chi connectivity index (χ1) is 49.9.